The minimum atomic E-state index is 0. The average Bonchev–Trinajstić information content (AvgIpc) is 2.20. The Hall–Kier alpha value is -0.350. The SMILES string of the molecule is CCOCCNCc1cccnc1Cl.Cl. The van der Waals surface area contributed by atoms with E-state index in [0.717, 1.165) is 31.9 Å². The molecule has 1 aromatic heterocycles. The Morgan fingerprint density at radius 3 is 3.00 bits per heavy atom. The number of rotatable bonds is 6. The molecule has 0 spiro atoms. The van der Waals surface area contributed by atoms with Gasteiger partial charge in [0, 0.05) is 31.5 Å². The standard InChI is InChI=1S/C10H15ClN2O.ClH/c1-2-14-7-6-12-8-9-4-3-5-13-10(9)11;/h3-5,12H,2,6-8H2,1H3;1H. The average molecular weight is 251 g/mol. The van der Waals surface area contributed by atoms with Gasteiger partial charge in [0.05, 0.1) is 6.61 Å². The lowest BCUT2D eigenvalue weighted by atomic mass is 10.3. The molecular formula is C10H16Cl2N2O. The predicted molar refractivity (Wildman–Crippen MR) is 64.7 cm³/mol. The molecule has 3 nitrogen and oxygen atoms in total. The summed E-state index contributed by atoms with van der Waals surface area (Å²) in [5.41, 5.74) is 1.02. The highest BCUT2D eigenvalue weighted by molar-refractivity contribution is 6.30. The largest absolute Gasteiger partial charge is 0.380 e. The Bertz CT molecular complexity index is 271. The highest BCUT2D eigenvalue weighted by atomic mass is 35.5. The van der Waals surface area contributed by atoms with Crippen LogP contribution in [0.4, 0.5) is 0 Å². The lowest BCUT2D eigenvalue weighted by molar-refractivity contribution is 0.149. The maximum atomic E-state index is 5.88. The molecule has 5 heteroatoms. The fourth-order valence-corrected chi connectivity index (χ4v) is 1.25. The second-order valence-corrected chi connectivity index (χ2v) is 3.19. The third-order valence-corrected chi connectivity index (χ3v) is 2.12. The van der Waals surface area contributed by atoms with Gasteiger partial charge in [-0.25, -0.2) is 4.98 Å². The van der Waals surface area contributed by atoms with Crippen molar-refractivity contribution in [2.75, 3.05) is 19.8 Å². The van der Waals surface area contributed by atoms with Crippen molar-refractivity contribution in [2.24, 2.45) is 0 Å². The van der Waals surface area contributed by atoms with Crippen LogP contribution in [0.3, 0.4) is 0 Å². The van der Waals surface area contributed by atoms with Gasteiger partial charge < -0.3 is 10.1 Å². The fraction of sp³-hybridized carbons (Fsp3) is 0.500. The molecule has 1 heterocycles. The molecular weight excluding hydrogens is 235 g/mol. The number of pyridine rings is 1. The number of nitrogens with one attached hydrogen (secondary N) is 1. The van der Waals surface area contributed by atoms with Gasteiger partial charge in [0.2, 0.25) is 0 Å². The van der Waals surface area contributed by atoms with E-state index in [2.05, 4.69) is 10.3 Å². The Kier molecular flexibility index (Phi) is 8.71. The van der Waals surface area contributed by atoms with Crippen molar-refractivity contribution < 1.29 is 4.74 Å². The summed E-state index contributed by atoms with van der Waals surface area (Å²) in [5, 5.41) is 3.79. The van der Waals surface area contributed by atoms with Gasteiger partial charge in [0.1, 0.15) is 5.15 Å². The summed E-state index contributed by atoms with van der Waals surface area (Å²) in [6.45, 7) is 5.04. The van der Waals surface area contributed by atoms with Gasteiger partial charge in [0.25, 0.3) is 0 Å². The molecule has 0 saturated heterocycles. The molecule has 0 radical (unpaired) electrons. The zero-order valence-electron chi connectivity index (χ0n) is 8.70. The van der Waals surface area contributed by atoms with Crippen molar-refractivity contribution in [3.8, 4) is 0 Å². The number of ether oxygens (including phenoxy) is 1. The van der Waals surface area contributed by atoms with Gasteiger partial charge in [-0.05, 0) is 13.0 Å². The summed E-state index contributed by atoms with van der Waals surface area (Å²) >= 11 is 5.88. The Labute approximate surface area is 102 Å². The summed E-state index contributed by atoms with van der Waals surface area (Å²) in [4.78, 5) is 3.99. The van der Waals surface area contributed by atoms with E-state index in [-0.39, 0.29) is 12.4 Å². The molecule has 0 unspecified atom stereocenters. The maximum Gasteiger partial charge on any atom is 0.133 e. The zero-order valence-corrected chi connectivity index (χ0v) is 10.3. The molecule has 0 aliphatic heterocycles. The van der Waals surface area contributed by atoms with Crippen molar-refractivity contribution in [3.63, 3.8) is 0 Å². The number of nitrogens with zero attached hydrogens (tertiary/aromatic N) is 1. The van der Waals surface area contributed by atoms with E-state index in [1.165, 1.54) is 0 Å². The zero-order chi connectivity index (χ0) is 10.2. The first-order valence-corrected chi connectivity index (χ1v) is 5.10. The summed E-state index contributed by atoms with van der Waals surface area (Å²) in [6, 6.07) is 3.84. The fourth-order valence-electron chi connectivity index (χ4n) is 1.06. The normalized spacial score (nSPS) is 9.73. The first-order chi connectivity index (χ1) is 6.84. The van der Waals surface area contributed by atoms with Gasteiger partial charge in [-0.2, -0.15) is 0 Å². The first-order valence-electron chi connectivity index (χ1n) is 4.72. The van der Waals surface area contributed by atoms with Crippen LogP contribution < -0.4 is 5.32 Å². The molecule has 0 atom stereocenters. The second-order valence-electron chi connectivity index (χ2n) is 2.83. The van der Waals surface area contributed by atoms with E-state index in [0.29, 0.717) is 5.15 Å². The van der Waals surface area contributed by atoms with Crippen LogP contribution in [0.15, 0.2) is 18.3 Å². The van der Waals surface area contributed by atoms with E-state index < -0.39 is 0 Å². The van der Waals surface area contributed by atoms with Crippen LogP contribution in [0, 0.1) is 0 Å². The van der Waals surface area contributed by atoms with Crippen molar-refractivity contribution in [1.82, 2.24) is 10.3 Å². The third kappa shape index (κ3) is 5.95. The smallest absolute Gasteiger partial charge is 0.133 e. The number of hydrogen-bond acceptors (Lipinski definition) is 3. The number of hydrogen-bond donors (Lipinski definition) is 1. The monoisotopic (exact) mass is 250 g/mol. The first kappa shape index (κ1) is 14.6. The van der Waals surface area contributed by atoms with Gasteiger partial charge in [-0.1, -0.05) is 17.7 Å². The summed E-state index contributed by atoms with van der Waals surface area (Å²) in [6.07, 6.45) is 1.69. The van der Waals surface area contributed by atoms with Crippen LogP contribution in [-0.2, 0) is 11.3 Å². The molecule has 0 aliphatic carbocycles. The van der Waals surface area contributed by atoms with Crippen molar-refractivity contribution in [3.05, 3.63) is 29.0 Å². The van der Waals surface area contributed by atoms with E-state index >= 15 is 0 Å². The van der Waals surface area contributed by atoms with E-state index in [9.17, 15) is 0 Å². The van der Waals surface area contributed by atoms with Crippen LogP contribution in [0.2, 0.25) is 5.15 Å². The van der Waals surface area contributed by atoms with Gasteiger partial charge in [0.15, 0.2) is 0 Å². The van der Waals surface area contributed by atoms with E-state index in [1.807, 2.05) is 19.1 Å². The summed E-state index contributed by atoms with van der Waals surface area (Å²) < 4.78 is 5.19. The van der Waals surface area contributed by atoms with Gasteiger partial charge in [-0.3, -0.25) is 0 Å². The lowest BCUT2D eigenvalue weighted by Crippen LogP contribution is -2.19. The van der Waals surface area contributed by atoms with Crippen molar-refractivity contribution in [2.45, 2.75) is 13.5 Å². The lowest BCUT2D eigenvalue weighted by Gasteiger charge is -2.05. The Morgan fingerprint density at radius 1 is 1.53 bits per heavy atom. The minimum absolute atomic E-state index is 0. The molecule has 0 fully saturated rings. The molecule has 1 rings (SSSR count). The van der Waals surface area contributed by atoms with Gasteiger partial charge >= 0.3 is 0 Å². The molecule has 86 valence electrons. The van der Waals surface area contributed by atoms with Crippen LogP contribution in [0.5, 0.6) is 0 Å². The summed E-state index contributed by atoms with van der Waals surface area (Å²) in [7, 11) is 0. The number of aromatic nitrogens is 1. The molecule has 0 bridgehead atoms. The summed E-state index contributed by atoms with van der Waals surface area (Å²) in [5.74, 6) is 0. The topological polar surface area (TPSA) is 34.1 Å². The molecule has 1 N–H and O–H groups in total. The highest BCUT2D eigenvalue weighted by Crippen LogP contribution is 2.10. The van der Waals surface area contributed by atoms with Crippen LogP contribution in [0.25, 0.3) is 0 Å². The number of halogens is 2. The molecule has 0 amide bonds. The Balaban J connectivity index is 0.00000196. The van der Waals surface area contributed by atoms with Crippen molar-refractivity contribution in [1.29, 1.82) is 0 Å². The molecule has 0 saturated carbocycles. The second kappa shape index (κ2) is 8.92. The third-order valence-electron chi connectivity index (χ3n) is 1.78. The van der Waals surface area contributed by atoms with Crippen molar-refractivity contribution >= 4 is 24.0 Å². The van der Waals surface area contributed by atoms with E-state index in [4.69, 9.17) is 16.3 Å². The van der Waals surface area contributed by atoms with Crippen LogP contribution >= 0.6 is 24.0 Å². The quantitative estimate of drug-likeness (QED) is 0.622. The molecule has 0 aliphatic rings. The maximum absolute atomic E-state index is 5.88. The van der Waals surface area contributed by atoms with E-state index in [1.54, 1.807) is 6.20 Å². The van der Waals surface area contributed by atoms with Crippen LogP contribution in [-0.4, -0.2) is 24.7 Å². The highest BCUT2D eigenvalue weighted by Gasteiger charge is 1.98. The predicted octanol–water partition coefficient (Wildman–Crippen LogP) is 2.28. The molecule has 1 aromatic rings. The molecule has 15 heavy (non-hydrogen) atoms. The molecule has 0 aromatic carbocycles. The Morgan fingerprint density at radius 2 is 2.33 bits per heavy atom. The minimum Gasteiger partial charge on any atom is -0.380 e. The van der Waals surface area contributed by atoms with Crippen LogP contribution in [0.1, 0.15) is 12.5 Å². The van der Waals surface area contributed by atoms with Gasteiger partial charge in [-0.15, -0.1) is 12.4 Å².